The number of carbonyl (C=O) groups is 1. The summed E-state index contributed by atoms with van der Waals surface area (Å²) in [6, 6.07) is 4.91. The van der Waals surface area contributed by atoms with Gasteiger partial charge < -0.3 is 14.0 Å². The summed E-state index contributed by atoms with van der Waals surface area (Å²) >= 11 is 0. The molecule has 1 saturated heterocycles. The van der Waals surface area contributed by atoms with Crippen LogP contribution in [-0.4, -0.2) is 54.7 Å². The van der Waals surface area contributed by atoms with Gasteiger partial charge in [0, 0.05) is 60.7 Å². The molecule has 6 heteroatoms. The number of hydrogen-bond acceptors (Lipinski definition) is 4. The number of aromatic nitrogens is 1. The molecule has 5 nitrogen and oxygen atoms in total. The van der Waals surface area contributed by atoms with E-state index < -0.39 is 0 Å². The van der Waals surface area contributed by atoms with E-state index in [1.165, 1.54) is 6.07 Å². The fourth-order valence-corrected chi connectivity index (χ4v) is 5.31. The molecule has 180 valence electrons. The highest BCUT2D eigenvalue weighted by atomic mass is 19.1. The first-order valence-corrected chi connectivity index (χ1v) is 12.5. The first-order chi connectivity index (χ1) is 16.1. The Morgan fingerprint density at radius 2 is 2.00 bits per heavy atom. The van der Waals surface area contributed by atoms with E-state index in [1.807, 2.05) is 13.0 Å². The Morgan fingerprint density at radius 3 is 2.79 bits per heavy atom. The highest BCUT2D eigenvalue weighted by molar-refractivity contribution is 6.11. The molecule has 1 aromatic heterocycles. The molecule has 2 aliphatic rings. The molecule has 4 rings (SSSR count). The summed E-state index contributed by atoms with van der Waals surface area (Å²) in [5.41, 5.74) is 2.86. The van der Waals surface area contributed by atoms with Crippen LogP contribution in [0.25, 0.3) is 10.9 Å². The van der Waals surface area contributed by atoms with Crippen LogP contribution in [0.3, 0.4) is 0 Å². The second-order valence-electron chi connectivity index (χ2n) is 9.28. The quantitative estimate of drug-likeness (QED) is 0.337. The highest BCUT2D eigenvalue weighted by Crippen LogP contribution is 2.35. The van der Waals surface area contributed by atoms with Crippen molar-refractivity contribution in [3.8, 4) is 0 Å². The van der Waals surface area contributed by atoms with Crippen LogP contribution in [0, 0.1) is 11.7 Å². The molecular weight excluding hydrogens is 419 g/mol. The number of ketones is 1. The van der Waals surface area contributed by atoms with E-state index in [0.29, 0.717) is 6.61 Å². The normalized spacial score (nSPS) is 19.1. The number of aryl methyl sites for hydroxylation is 1. The van der Waals surface area contributed by atoms with Gasteiger partial charge in [-0.05, 0) is 50.8 Å². The van der Waals surface area contributed by atoms with Crippen molar-refractivity contribution in [3.63, 3.8) is 0 Å². The van der Waals surface area contributed by atoms with E-state index >= 15 is 0 Å². The van der Waals surface area contributed by atoms with Gasteiger partial charge in [0.25, 0.3) is 0 Å². The van der Waals surface area contributed by atoms with E-state index in [0.717, 1.165) is 112 Å². The maximum absolute atomic E-state index is 14.2. The number of morpholine rings is 1. The van der Waals surface area contributed by atoms with Crippen LogP contribution >= 0.6 is 0 Å². The lowest BCUT2D eigenvalue weighted by atomic mass is 9.84. The minimum absolute atomic E-state index is 0.0173. The van der Waals surface area contributed by atoms with Gasteiger partial charge in [-0.15, -0.1) is 0 Å². The van der Waals surface area contributed by atoms with Gasteiger partial charge in [0.15, 0.2) is 5.78 Å². The number of fused-ring (bicyclic) bond motifs is 3. The monoisotopic (exact) mass is 456 g/mol. The predicted octanol–water partition coefficient (Wildman–Crippen LogP) is 5.36. The zero-order valence-electron chi connectivity index (χ0n) is 19.9. The van der Waals surface area contributed by atoms with Crippen LogP contribution < -0.4 is 0 Å². The van der Waals surface area contributed by atoms with Crippen molar-refractivity contribution in [3.05, 3.63) is 47.6 Å². The number of nitrogens with zero attached hydrogens (tertiary/aromatic N) is 2. The van der Waals surface area contributed by atoms with Crippen molar-refractivity contribution in [2.45, 2.75) is 58.4 Å². The van der Waals surface area contributed by atoms with Gasteiger partial charge in [0.2, 0.25) is 0 Å². The zero-order valence-corrected chi connectivity index (χ0v) is 19.9. The van der Waals surface area contributed by atoms with Gasteiger partial charge in [0.05, 0.1) is 25.6 Å². The third-order valence-corrected chi connectivity index (χ3v) is 7.00. The molecule has 1 aliphatic heterocycles. The van der Waals surface area contributed by atoms with Crippen LogP contribution in [0.5, 0.6) is 0 Å². The number of carbonyl (C=O) groups excluding carboxylic acids is 1. The molecule has 2 aromatic rings. The minimum atomic E-state index is -0.278. The Kier molecular flexibility index (Phi) is 8.20. The molecule has 1 atom stereocenters. The van der Waals surface area contributed by atoms with Crippen LogP contribution in [0.2, 0.25) is 0 Å². The molecule has 1 unspecified atom stereocenters. The number of rotatable bonds is 11. The molecular formula is C27H37FN2O3. The Hall–Kier alpha value is -2.18. The van der Waals surface area contributed by atoms with Crippen LogP contribution in [0.1, 0.15) is 61.5 Å². The number of ether oxygens (including phenoxy) is 2. The minimum Gasteiger partial charge on any atom is -0.499 e. The zero-order chi connectivity index (χ0) is 23.2. The predicted molar refractivity (Wildman–Crippen MR) is 129 cm³/mol. The second-order valence-corrected chi connectivity index (χ2v) is 9.28. The fourth-order valence-electron chi connectivity index (χ4n) is 5.31. The molecule has 0 saturated carbocycles. The highest BCUT2D eigenvalue weighted by Gasteiger charge is 2.34. The Balaban J connectivity index is 1.44. The summed E-state index contributed by atoms with van der Waals surface area (Å²) in [6.45, 7) is 11.5. The first kappa shape index (κ1) is 24.0. The summed E-state index contributed by atoms with van der Waals surface area (Å²) < 4.78 is 27.3. The van der Waals surface area contributed by atoms with E-state index in [-0.39, 0.29) is 17.5 Å². The van der Waals surface area contributed by atoms with Gasteiger partial charge in [-0.25, -0.2) is 4.39 Å². The molecule has 2 heterocycles. The van der Waals surface area contributed by atoms with Crippen molar-refractivity contribution in [1.29, 1.82) is 0 Å². The van der Waals surface area contributed by atoms with Crippen LogP contribution in [0.15, 0.2) is 30.5 Å². The van der Waals surface area contributed by atoms with E-state index in [1.54, 1.807) is 6.07 Å². The fraction of sp³-hybridized carbons (Fsp3) is 0.593. The van der Waals surface area contributed by atoms with Gasteiger partial charge in [-0.1, -0.05) is 19.4 Å². The summed E-state index contributed by atoms with van der Waals surface area (Å²) in [5, 5.41) is 0.787. The van der Waals surface area contributed by atoms with Crippen molar-refractivity contribution < 1.29 is 18.7 Å². The number of benzene rings is 1. The van der Waals surface area contributed by atoms with Crippen LogP contribution in [-0.2, 0) is 22.4 Å². The third kappa shape index (κ3) is 5.67. The molecule has 0 N–H and O–H groups in total. The van der Waals surface area contributed by atoms with E-state index in [4.69, 9.17) is 9.47 Å². The summed E-state index contributed by atoms with van der Waals surface area (Å²) in [7, 11) is 0. The molecule has 0 radical (unpaired) electrons. The first-order valence-electron chi connectivity index (χ1n) is 12.5. The molecule has 0 spiro atoms. The Morgan fingerprint density at radius 1 is 1.21 bits per heavy atom. The van der Waals surface area contributed by atoms with Gasteiger partial charge in [-0.2, -0.15) is 0 Å². The lowest BCUT2D eigenvalue weighted by Gasteiger charge is -2.31. The molecule has 33 heavy (non-hydrogen) atoms. The van der Waals surface area contributed by atoms with Crippen molar-refractivity contribution in [2.75, 3.05) is 39.5 Å². The second kappa shape index (κ2) is 11.3. The summed E-state index contributed by atoms with van der Waals surface area (Å²) in [5.74, 6) is 0.762. The van der Waals surface area contributed by atoms with Gasteiger partial charge >= 0.3 is 0 Å². The third-order valence-electron chi connectivity index (χ3n) is 7.00. The van der Waals surface area contributed by atoms with Crippen molar-refractivity contribution in [2.24, 2.45) is 5.92 Å². The number of unbranched alkanes of at least 4 members (excludes halogenated alkanes) is 3. The standard InChI is InChI=1S/C27H37FN2O3/c1-3-33-20(2)8-6-4-5-7-13-30-24-12-10-22(28)18-23(24)26-25(30)11-9-21(27(26)31)19-29-14-16-32-17-15-29/h10,12,18,21H,2-9,11,13-17,19H2,1H3. The Labute approximate surface area is 196 Å². The maximum Gasteiger partial charge on any atom is 0.169 e. The van der Waals surface area contributed by atoms with E-state index in [2.05, 4.69) is 16.0 Å². The number of allylic oxidation sites excluding steroid dienone is 1. The largest absolute Gasteiger partial charge is 0.499 e. The van der Waals surface area contributed by atoms with Gasteiger partial charge in [0.1, 0.15) is 5.82 Å². The Bertz CT molecular complexity index is 977. The smallest absolute Gasteiger partial charge is 0.169 e. The topological polar surface area (TPSA) is 43.7 Å². The summed E-state index contributed by atoms with van der Waals surface area (Å²) in [6.07, 6.45) is 7.01. The average Bonchev–Trinajstić information content (AvgIpc) is 3.12. The SMILES string of the molecule is C=C(CCCCCCn1c2c(c3cc(F)ccc31)C(=O)C(CN1CCOCC1)CC2)OCC. The lowest BCUT2D eigenvalue weighted by molar-refractivity contribution is 0.0291. The van der Waals surface area contributed by atoms with E-state index in [9.17, 15) is 9.18 Å². The summed E-state index contributed by atoms with van der Waals surface area (Å²) in [4.78, 5) is 15.9. The molecule has 1 aromatic carbocycles. The van der Waals surface area contributed by atoms with Crippen LogP contribution in [0.4, 0.5) is 4.39 Å². The number of hydrogen-bond donors (Lipinski definition) is 0. The van der Waals surface area contributed by atoms with Gasteiger partial charge in [-0.3, -0.25) is 9.69 Å². The van der Waals surface area contributed by atoms with Crippen molar-refractivity contribution in [1.82, 2.24) is 9.47 Å². The molecule has 0 bridgehead atoms. The number of Topliss-reactive ketones (excluding diaryl/α,β-unsaturated/α-hetero) is 1. The molecule has 0 amide bonds. The number of halogens is 1. The molecule has 1 aliphatic carbocycles. The lowest BCUT2D eigenvalue weighted by Crippen LogP contribution is -2.42. The average molecular weight is 457 g/mol. The maximum atomic E-state index is 14.2. The van der Waals surface area contributed by atoms with Crippen molar-refractivity contribution >= 4 is 16.7 Å². The molecule has 1 fully saturated rings.